The van der Waals surface area contributed by atoms with Gasteiger partial charge in [-0.2, -0.15) is 0 Å². The van der Waals surface area contributed by atoms with Crippen molar-refractivity contribution in [3.8, 4) is 11.1 Å². The molecular formula is C31H34N4O5. The molecule has 1 atom stereocenters. The van der Waals surface area contributed by atoms with Crippen molar-refractivity contribution in [2.75, 3.05) is 6.54 Å². The molecule has 208 valence electrons. The second-order valence-electron chi connectivity index (χ2n) is 10.6. The van der Waals surface area contributed by atoms with E-state index in [0.717, 1.165) is 33.4 Å². The number of carbonyl (C=O) groups excluding carboxylic acids is 3. The van der Waals surface area contributed by atoms with Gasteiger partial charge in [0.15, 0.2) is 0 Å². The average molecular weight is 543 g/mol. The topological polar surface area (TPSA) is 142 Å². The minimum absolute atomic E-state index is 0.0654. The summed E-state index contributed by atoms with van der Waals surface area (Å²) in [5, 5.41) is 15.2. The summed E-state index contributed by atoms with van der Waals surface area (Å²) in [7, 11) is 0. The molecule has 3 aromatic rings. The molecular weight excluding hydrogens is 508 g/mol. The number of fused-ring (bicyclic) bond motifs is 3. The van der Waals surface area contributed by atoms with E-state index in [0.29, 0.717) is 6.54 Å². The second kappa shape index (κ2) is 11.6. The lowest BCUT2D eigenvalue weighted by Crippen LogP contribution is -2.58. The Bertz CT molecular complexity index is 1390. The Morgan fingerprint density at radius 2 is 1.43 bits per heavy atom. The standard InChI is InChI=1S/C31H34N4O5/c1-19(36)33-27(28(37)34-31(2,3)29(32)38)16-20-12-14-21(15-13-20)17-35(30(39)40)18-26-24-10-6-4-8-22(24)23-9-5-7-11-25(23)26/h4-15,26-27H,16-18H2,1-3H3,(H2,32,38)(H,33,36)(H,34,37)(H,39,40). The van der Waals surface area contributed by atoms with E-state index in [2.05, 4.69) is 34.9 Å². The maximum absolute atomic E-state index is 12.8. The van der Waals surface area contributed by atoms with Crippen molar-refractivity contribution in [1.82, 2.24) is 15.5 Å². The van der Waals surface area contributed by atoms with Crippen LogP contribution in [0, 0.1) is 0 Å². The SMILES string of the molecule is CC(=O)NC(Cc1ccc(CN(CC2c3ccccc3-c3ccccc32)C(=O)O)cc1)C(=O)NC(C)(C)C(N)=O. The van der Waals surface area contributed by atoms with Crippen molar-refractivity contribution in [3.05, 3.63) is 95.1 Å². The van der Waals surface area contributed by atoms with Gasteiger partial charge in [0.25, 0.3) is 0 Å². The third-order valence-electron chi connectivity index (χ3n) is 7.22. The van der Waals surface area contributed by atoms with E-state index in [1.54, 1.807) is 12.1 Å². The summed E-state index contributed by atoms with van der Waals surface area (Å²) >= 11 is 0. The molecule has 4 rings (SSSR count). The summed E-state index contributed by atoms with van der Waals surface area (Å²) in [5.41, 5.74) is 10.1. The lowest BCUT2D eigenvalue weighted by molar-refractivity contribution is -0.133. The van der Waals surface area contributed by atoms with Gasteiger partial charge in [0.1, 0.15) is 11.6 Å². The van der Waals surface area contributed by atoms with Crippen LogP contribution in [0.1, 0.15) is 48.9 Å². The fraction of sp³-hybridized carbons (Fsp3) is 0.290. The van der Waals surface area contributed by atoms with Crippen LogP contribution in [-0.4, -0.2) is 51.9 Å². The van der Waals surface area contributed by atoms with Gasteiger partial charge in [0, 0.05) is 32.4 Å². The molecule has 9 heteroatoms. The Morgan fingerprint density at radius 1 is 0.900 bits per heavy atom. The van der Waals surface area contributed by atoms with E-state index in [-0.39, 0.29) is 24.8 Å². The number of primary amides is 1. The molecule has 1 aliphatic rings. The number of amides is 4. The number of rotatable bonds is 10. The van der Waals surface area contributed by atoms with Crippen LogP contribution in [0.25, 0.3) is 11.1 Å². The van der Waals surface area contributed by atoms with E-state index in [1.807, 2.05) is 36.4 Å². The highest BCUT2D eigenvalue weighted by atomic mass is 16.4. The zero-order chi connectivity index (χ0) is 29.0. The molecule has 0 saturated carbocycles. The minimum atomic E-state index is -1.28. The Kier molecular flexibility index (Phi) is 8.23. The van der Waals surface area contributed by atoms with Crippen LogP contribution in [-0.2, 0) is 27.3 Å². The first-order chi connectivity index (χ1) is 19.0. The Hall–Kier alpha value is -4.66. The quantitative estimate of drug-likeness (QED) is 0.311. The van der Waals surface area contributed by atoms with Crippen molar-refractivity contribution in [3.63, 3.8) is 0 Å². The summed E-state index contributed by atoms with van der Waals surface area (Å²) in [6.07, 6.45) is -0.830. The highest BCUT2D eigenvalue weighted by molar-refractivity contribution is 5.93. The third-order valence-corrected chi connectivity index (χ3v) is 7.22. The first kappa shape index (κ1) is 28.4. The van der Waals surface area contributed by atoms with Gasteiger partial charge in [-0.25, -0.2) is 4.79 Å². The van der Waals surface area contributed by atoms with Crippen LogP contribution in [0.15, 0.2) is 72.8 Å². The number of hydrogen-bond acceptors (Lipinski definition) is 4. The molecule has 0 fully saturated rings. The van der Waals surface area contributed by atoms with Gasteiger partial charge in [-0.1, -0.05) is 72.8 Å². The predicted octanol–water partition coefficient (Wildman–Crippen LogP) is 3.41. The van der Waals surface area contributed by atoms with Gasteiger partial charge in [0.05, 0.1) is 0 Å². The maximum atomic E-state index is 12.8. The van der Waals surface area contributed by atoms with Crippen LogP contribution in [0.4, 0.5) is 4.79 Å². The summed E-state index contributed by atoms with van der Waals surface area (Å²) < 4.78 is 0. The number of nitrogens with two attached hydrogens (primary N) is 1. The molecule has 9 nitrogen and oxygen atoms in total. The fourth-order valence-electron chi connectivity index (χ4n) is 5.04. The molecule has 0 saturated heterocycles. The van der Waals surface area contributed by atoms with Crippen molar-refractivity contribution < 1.29 is 24.3 Å². The summed E-state index contributed by atoms with van der Waals surface area (Å²) in [6.45, 7) is 4.79. The first-order valence-corrected chi connectivity index (χ1v) is 13.1. The minimum Gasteiger partial charge on any atom is -0.465 e. The molecule has 0 bridgehead atoms. The van der Waals surface area contributed by atoms with Crippen molar-refractivity contribution in [2.24, 2.45) is 5.73 Å². The Morgan fingerprint density at radius 3 is 1.93 bits per heavy atom. The number of nitrogens with one attached hydrogen (secondary N) is 2. The van der Waals surface area contributed by atoms with Crippen LogP contribution < -0.4 is 16.4 Å². The zero-order valence-corrected chi connectivity index (χ0v) is 22.8. The van der Waals surface area contributed by atoms with Gasteiger partial charge in [-0.3, -0.25) is 14.4 Å². The first-order valence-electron chi connectivity index (χ1n) is 13.1. The fourth-order valence-corrected chi connectivity index (χ4v) is 5.04. The zero-order valence-electron chi connectivity index (χ0n) is 22.8. The van der Waals surface area contributed by atoms with Gasteiger partial charge in [-0.15, -0.1) is 0 Å². The molecule has 5 N–H and O–H groups in total. The second-order valence-corrected chi connectivity index (χ2v) is 10.6. The molecule has 40 heavy (non-hydrogen) atoms. The van der Waals surface area contributed by atoms with Crippen LogP contribution >= 0.6 is 0 Å². The largest absolute Gasteiger partial charge is 0.465 e. The van der Waals surface area contributed by atoms with E-state index >= 15 is 0 Å². The molecule has 1 aliphatic carbocycles. The number of hydrogen-bond donors (Lipinski definition) is 4. The molecule has 3 aromatic carbocycles. The number of nitrogens with zero attached hydrogens (tertiary/aromatic N) is 1. The van der Waals surface area contributed by atoms with Crippen LogP contribution in [0.2, 0.25) is 0 Å². The molecule has 4 amide bonds. The van der Waals surface area contributed by atoms with Gasteiger partial charge in [0.2, 0.25) is 17.7 Å². The summed E-state index contributed by atoms with van der Waals surface area (Å²) in [6, 6.07) is 22.5. The lowest BCUT2D eigenvalue weighted by Gasteiger charge is -2.26. The number of benzene rings is 3. The summed E-state index contributed by atoms with van der Waals surface area (Å²) in [4.78, 5) is 49.9. The molecule has 1 unspecified atom stereocenters. The van der Waals surface area contributed by atoms with Crippen molar-refractivity contribution in [1.29, 1.82) is 0 Å². The normalized spacial score (nSPS) is 13.1. The molecule has 0 heterocycles. The predicted molar refractivity (Wildman–Crippen MR) is 151 cm³/mol. The van der Waals surface area contributed by atoms with E-state index in [4.69, 9.17) is 5.73 Å². The van der Waals surface area contributed by atoms with Gasteiger partial charge in [-0.05, 0) is 47.2 Å². The van der Waals surface area contributed by atoms with E-state index in [1.165, 1.54) is 25.7 Å². The van der Waals surface area contributed by atoms with Gasteiger partial charge < -0.3 is 26.4 Å². The Labute approximate surface area is 233 Å². The molecule has 0 radical (unpaired) electrons. The smallest absolute Gasteiger partial charge is 0.407 e. The average Bonchev–Trinajstić information content (AvgIpc) is 3.22. The monoisotopic (exact) mass is 542 g/mol. The number of carboxylic acid groups (broad SMARTS) is 1. The maximum Gasteiger partial charge on any atom is 0.407 e. The molecule has 0 aliphatic heterocycles. The Balaban J connectivity index is 1.47. The van der Waals surface area contributed by atoms with Gasteiger partial charge >= 0.3 is 6.09 Å². The lowest BCUT2D eigenvalue weighted by atomic mass is 9.96. The molecule has 0 spiro atoms. The third kappa shape index (κ3) is 6.31. The highest BCUT2D eigenvalue weighted by Crippen LogP contribution is 2.44. The van der Waals surface area contributed by atoms with Crippen molar-refractivity contribution >= 4 is 23.8 Å². The summed E-state index contributed by atoms with van der Waals surface area (Å²) in [5.74, 6) is -1.68. The van der Waals surface area contributed by atoms with Crippen LogP contribution in [0.5, 0.6) is 0 Å². The van der Waals surface area contributed by atoms with E-state index < -0.39 is 29.5 Å². The molecule has 0 aromatic heterocycles. The van der Waals surface area contributed by atoms with E-state index in [9.17, 15) is 24.3 Å². The van der Waals surface area contributed by atoms with Crippen LogP contribution in [0.3, 0.4) is 0 Å². The van der Waals surface area contributed by atoms with Crippen molar-refractivity contribution in [2.45, 2.75) is 51.2 Å². The highest BCUT2D eigenvalue weighted by Gasteiger charge is 2.32. The number of carbonyl (C=O) groups is 4.